The van der Waals surface area contributed by atoms with Crippen LogP contribution in [0.25, 0.3) is 6.08 Å². The Labute approximate surface area is 197 Å². The van der Waals surface area contributed by atoms with Gasteiger partial charge in [-0.1, -0.05) is 42.5 Å². The van der Waals surface area contributed by atoms with Crippen LogP contribution in [0.15, 0.2) is 83.8 Å². The van der Waals surface area contributed by atoms with Crippen LogP contribution in [0.4, 0.5) is 17.1 Å². The van der Waals surface area contributed by atoms with Gasteiger partial charge in [-0.05, 0) is 58.5 Å². The highest BCUT2D eigenvalue weighted by atomic mass is 127. The van der Waals surface area contributed by atoms with Gasteiger partial charge in [-0.2, -0.15) is 0 Å². The summed E-state index contributed by atoms with van der Waals surface area (Å²) in [5.41, 5.74) is -0.272. The first-order chi connectivity index (χ1) is 15.2. The van der Waals surface area contributed by atoms with Gasteiger partial charge in [-0.15, -0.1) is 0 Å². The summed E-state index contributed by atoms with van der Waals surface area (Å²) in [7, 11) is -4.42. The van der Waals surface area contributed by atoms with Gasteiger partial charge in [-0.25, -0.2) is 8.42 Å². The lowest BCUT2D eigenvalue weighted by Crippen LogP contribution is -2.31. The summed E-state index contributed by atoms with van der Waals surface area (Å²) >= 11 is 2.08. The predicted octanol–water partition coefficient (Wildman–Crippen LogP) is 5.02. The Morgan fingerprint density at radius 2 is 1.56 bits per heavy atom. The molecule has 0 heterocycles. The lowest BCUT2D eigenvalue weighted by molar-refractivity contribution is -0.396. The Morgan fingerprint density at radius 3 is 2.16 bits per heavy atom. The first-order valence-electron chi connectivity index (χ1n) is 9.13. The molecular formula is C21H16IN3O6S. The van der Waals surface area contributed by atoms with Gasteiger partial charge < -0.3 is 0 Å². The summed E-state index contributed by atoms with van der Waals surface area (Å²) in [5, 5.41) is 22.5. The van der Waals surface area contributed by atoms with Crippen LogP contribution >= 0.6 is 22.6 Å². The van der Waals surface area contributed by atoms with Crippen LogP contribution in [0.5, 0.6) is 0 Å². The number of hydrogen-bond donors (Lipinski definition) is 0. The SMILES string of the molecule is O=[N+]([O-])c1ccc(S(=O)(=O)N(C/C=C/c2ccccc2)c2ccc(I)cc2)c([N+](=O)[O-])c1. The van der Waals surface area contributed by atoms with Crippen LogP contribution in [0.2, 0.25) is 0 Å². The third-order valence-electron chi connectivity index (χ3n) is 4.41. The molecule has 0 radical (unpaired) electrons. The molecule has 0 N–H and O–H groups in total. The number of non-ortho nitro benzene ring substituents is 1. The normalized spacial score (nSPS) is 11.4. The molecule has 3 aromatic carbocycles. The van der Waals surface area contributed by atoms with E-state index >= 15 is 0 Å². The quantitative estimate of drug-likeness (QED) is 0.215. The molecule has 32 heavy (non-hydrogen) atoms. The molecule has 0 aliphatic heterocycles. The Balaban J connectivity index is 2.09. The van der Waals surface area contributed by atoms with Gasteiger partial charge in [0.05, 0.1) is 28.1 Å². The minimum Gasteiger partial charge on any atom is -0.262 e. The molecule has 3 rings (SSSR count). The van der Waals surface area contributed by atoms with Crippen LogP contribution in [0.1, 0.15) is 5.56 Å². The average molecular weight is 565 g/mol. The second-order valence-corrected chi connectivity index (χ2v) is 9.57. The summed E-state index contributed by atoms with van der Waals surface area (Å²) in [4.78, 5) is 20.2. The van der Waals surface area contributed by atoms with Crippen LogP contribution in [-0.4, -0.2) is 24.8 Å². The third kappa shape index (κ3) is 5.29. The van der Waals surface area contributed by atoms with Crippen molar-refractivity contribution >= 4 is 55.8 Å². The molecule has 0 aromatic heterocycles. The van der Waals surface area contributed by atoms with Crippen LogP contribution in [0.3, 0.4) is 0 Å². The van der Waals surface area contributed by atoms with Gasteiger partial charge in [0.25, 0.3) is 21.4 Å². The third-order valence-corrected chi connectivity index (χ3v) is 6.97. The van der Waals surface area contributed by atoms with Crippen molar-refractivity contribution in [3.8, 4) is 0 Å². The smallest absolute Gasteiger partial charge is 0.262 e. The van der Waals surface area contributed by atoms with Crippen molar-refractivity contribution in [2.75, 3.05) is 10.8 Å². The van der Waals surface area contributed by atoms with E-state index in [9.17, 15) is 28.6 Å². The summed E-state index contributed by atoms with van der Waals surface area (Å²) in [5.74, 6) is 0. The first kappa shape index (κ1) is 23.3. The van der Waals surface area contributed by atoms with Crippen molar-refractivity contribution in [2.45, 2.75) is 4.90 Å². The number of sulfonamides is 1. The largest absolute Gasteiger partial charge is 0.296 e. The van der Waals surface area contributed by atoms with Crippen molar-refractivity contribution in [3.63, 3.8) is 0 Å². The van der Waals surface area contributed by atoms with Crippen LogP contribution in [-0.2, 0) is 10.0 Å². The maximum Gasteiger partial charge on any atom is 0.296 e. The molecule has 0 aliphatic rings. The van der Waals surface area contributed by atoms with E-state index in [1.807, 2.05) is 30.3 Å². The van der Waals surface area contributed by atoms with E-state index in [-0.39, 0.29) is 6.54 Å². The number of rotatable bonds is 8. The fourth-order valence-corrected chi connectivity index (χ4v) is 4.81. The first-order valence-corrected chi connectivity index (χ1v) is 11.6. The van der Waals surface area contributed by atoms with Crippen molar-refractivity contribution in [1.29, 1.82) is 0 Å². The van der Waals surface area contributed by atoms with E-state index in [1.165, 1.54) is 0 Å². The Hall–Kier alpha value is -3.32. The van der Waals surface area contributed by atoms with Gasteiger partial charge in [-0.3, -0.25) is 24.5 Å². The standard InChI is InChI=1S/C21H16IN3O6S/c22-17-8-10-18(11-9-17)23(14-4-7-16-5-2-1-3-6-16)32(30,31)21-13-12-19(24(26)27)15-20(21)25(28)29/h1-13,15H,14H2/b7-4+. The van der Waals surface area contributed by atoms with Crippen LogP contribution in [0, 0.1) is 23.8 Å². The molecule has 9 nitrogen and oxygen atoms in total. The number of nitrogens with zero attached hydrogens (tertiary/aromatic N) is 3. The molecule has 0 aliphatic carbocycles. The second-order valence-electron chi connectivity index (χ2n) is 6.49. The van der Waals surface area contributed by atoms with E-state index in [4.69, 9.17) is 0 Å². The topological polar surface area (TPSA) is 124 Å². The number of anilines is 1. The monoisotopic (exact) mass is 565 g/mol. The van der Waals surface area contributed by atoms with Crippen molar-refractivity contribution in [3.05, 3.63) is 108 Å². The molecule has 164 valence electrons. The summed E-state index contributed by atoms with van der Waals surface area (Å²) in [6.07, 6.45) is 3.36. The van der Waals surface area contributed by atoms with Gasteiger partial charge in [0.1, 0.15) is 0 Å². The van der Waals surface area contributed by atoms with Gasteiger partial charge >= 0.3 is 0 Å². The van der Waals surface area contributed by atoms with Crippen molar-refractivity contribution in [1.82, 2.24) is 0 Å². The molecule has 11 heteroatoms. The lowest BCUT2D eigenvalue weighted by Gasteiger charge is -2.23. The number of halogens is 1. The zero-order valence-corrected chi connectivity index (χ0v) is 19.3. The number of nitro benzene ring substituents is 2. The maximum atomic E-state index is 13.5. The average Bonchev–Trinajstić information content (AvgIpc) is 2.77. The Kier molecular flexibility index (Phi) is 7.20. The van der Waals surface area contributed by atoms with E-state index in [0.717, 1.165) is 25.6 Å². The Morgan fingerprint density at radius 1 is 0.906 bits per heavy atom. The zero-order valence-electron chi connectivity index (χ0n) is 16.4. The van der Waals surface area contributed by atoms with Crippen LogP contribution < -0.4 is 4.31 Å². The maximum absolute atomic E-state index is 13.5. The molecule has 3 aromatic rings. The number of benzene rings is 3. The molecule has 0 atom stereocenters. The molecule has 0 unspecified atom stereocenters. The van der Waals surface area contributed by atoms with E-state index in [0.29, 0.717) is 11.8 Å². The minimum atomic E-state index is -4.42. The molecule has 0 fully saturated rings. The minimum absolute atomic E-state index is 0.105. The molecule has 0 amide bonds. The number of nitro groups is 2. The summed E-state index contributed by atoms with van der Waals surface area (Å²) in [6.45, 7) is -0.105. The fourth-order valence-electron chi connectivity index (χ4n) is 2.90. The molecule has 0 saturated carbocycles. The predicted molar refractivity (Wildman–Crippen MR) is 129 cm³/mol. The Bertz CT molecular complexity index is 1280. The number of hydrogen-bond acceptors (Lipinski definition) is 6. The molecule has 0 spiro atoms. The lowest BCUT2D eigenvalue weighted by atomic mass is 10.2. The molecule has 0 saturated heterocycles. The highest BCUT2D eigenvalue weighted by Crippen LogP contribution is 2.33. The summed E-state index contributed by atoms with van der Waals surface area (Å²) in [6, 6.07) is 18.3. The zero-order chi connectivity index (χ0) is 23.3. The van der Waals surface area contributed by atoms with E-state index in [2.05, 4.69) is 22.6 Å². The molecule has 0 bridgehead atoms. The highest BCUT2D eigenvalue weighted by molar-refractivity contribution is 14.1. The van der Waals surface area contributed by atoms with E-state index < -0.39 is 36.1 Å². The summed E-state index contributed by atoms with van der Waals surface area (Å²) < 4.78 is 28.9. The van der Waals surface area contributed by atoms with Gasteiger partial charge in [0.2, 0.25) is 0 Å². The fraction of sp³-hybridized carbons (Fsp3) is 0.0476. The second kappa shape index (κ2) is 9.87. The molecular weight excluding hydrogens is 549 g/mol. The van der Waals surface area contributed by atoms with Gasteiger partial charge in [0, 0.05) is 9.64 Å². The van der Waals surface area contributed by atoms with Crippen molar-refractivity contribution in [2.24, 2.45) is 0 Å². The highest BCUT2D eigenvalue weighted by Gasteiger charge is 2.33. The van der Waals surface area contributed by atoms with Crippen molar-refractivity contribution < 1.29 is 18.3 Å². The van der Waals surface area contributed by atoms with Gasteiger partial charge in [0.15, 0.2) is 4.90 Å². The van der Waals surface area contributed by atoms with E-state index in [1.54, 1.807) is 36.4 Å².